The maximum absolute atomic E-state index is 9.06. The van der Waals surface area contributed by atoms with Crippen molar-refractivity contribution in [3.63, 3.8) is 0 Å². The number of nitrogens with zero attached hydrogens (tertiary/aromatic N) is 1. The molecule has 0 aromatic heterocycles. The van der Waals surface area contributed by atoms with Crippen molar-refractivity contribution in [2.45, 2.75) is 20.3 Å². The lowest BCUT2D eigenvalue weighted by Gasteiger charge is -2.03. The Morgan fingerprint density at radius 3 is 2.79 bits per heavy atom. The van der Waals surface area contributed by atoms with Gasteiger partial charge in [0.25, 0.3) is 6.41 Å². The van der Waals surface area contributed by atoms with E-state index in [-0.39, 0.29) is 0 Å². The molecule has 0 aliphatic carbocycles. The van der Waals surface area contributed by atoms with Gasteiger partial charge in [0.05, 0.1) is 0 Å². The molecule has 0 aliphatic rings. The van der Waals surface area contributed by atoms with Crippen molar-refractivity contribution in [2.24, 2.45) is 4.99 Å². The van der Waals surface area contributed by atoms with Crippen LogP contribution in [0.1, 0.15) is 16.7 Å². The molecule has 1 aromatic rings. The lowest BCUT2D eigenvalue weighted by Crippen LogP contribution is -2.05. The number of hydrogen-bond acceptors (Lipinski definition) is 3. The molecule has 0 saturated carbocycles. The predicted molar refractivity (Wildman–Crippen MR) is 56.5 cm³/mol. The Morgan fingerprint density at radius 1 is 1.43 bits per heavy atom. The van der Waals surface area contributed by atoms with Crippen LogP contribution in [0.2, 0.25) is 0 Å². The van der Waals surface area contributed by atoms with Crippen LogP contribution in [0.4, 0.5) is 0 Å². The Hall–Kier alpha value is -1.19. The summed E-state index contributed by atoms with van der Waals surface area (Å²) < 4.78 is 4.60. The first-order valence-electron chi connectivity index (χ1n) is 4.45. The van der Waals surface area contributed by atoms with Gasteiger partial charge in [-0.25, -0.2) is 4.99 Å². The fourth-order valence-corrected chi connectivity index (χ4v) is 1.10. The SMILES string of the molecule is CO[C@H](O)N=Cc1cc(C)ccc1C. The summed E-state index contributed by atoms with van der Waals surface area (Å²) in [6.07, 6.45) is 0.547. The molecule has 1 rings (SSSR count). The second kappa shape index (κ2) is 4.88. The van der Waals surface area contributed by atoms with Gasteiger partial charge in [0, 0.05) is 13.3 Å². The van der Waals surface area contributed by atoms with Crippen molar-refractivity contribution < 1.29 is 9.84 Å². The highest BCUT2D eigenvalue weighted by molar-refractivity contribution is 5.81. The predicted octanol–water partition coefficient (Wildman–Crippen LogP) is 1.64. The average molecular weight is 193 g/mol. The summed E-state index contributed by atoms with van der Waals surface area (Å²) in [4.78, 5) is 3.82. The molecule has 0 aliphatic heterocycles. The standard InChI is InChI=1S/C11H15NO2/c1-8-4-5-9(2)10(6-8)7-12-11(13)14-3/h4-7,11,13H,1-3H3/t11-/m0/s1. The molecule has 1 N–H and O–H groups in total. The molecule has 0 radical (unpaired) electrons. The summed E-state index contributed by atoms with van der Waals surface area (Å²) in [6.45, 7) is 4.02. The van der Waals surface area contributed by atoms with Gasteiger partial charge in [-0.3, -0.25) is 0 Å². The average Bonchev–Trinajstić information content (AvgIpc) is 2.19. The molecule has 3 nitrogen and oxygen atoms in total. The van der Waals surface area contributed by atoms with Crippen molar-refractivity contribution >= 4 is 6.21 Å². The molecular weight excluding hydrogens is 178 g/mol. The van der Waals surface area contributed by atoms with Crippen molar-refractivity contribution in [1.82, 2.24) is 0 Å². The highest BCUT2D eigenvalue weighted by Gasteiger charge is 1.97. The molecule has 0 fully saturated rings. The molecule has 1 aromatic carbocycles. The van der Waals surface area contributed by atoms with Gasteiger partial charge in [0.2, 0.25) is 0 Å². The summed E-state index contributed by atoms with van der Waals surface area (Å²) in [6, 6.07) is 6.08. The molecule has 0 saturated heterocycles. The van der Waals surface area contributed by atoms with E-state index in [1.807, 2.05) is 32.0 Å². The maximum Gasteiger partial charge on any atom is 0.255 e. The van der Waals surface area contributed by atoms with E-state index in [9.17, 15) is 0 Å². The zero-order chi connectivity index (χ0) is 10.6. The first-order valence-corrected chi connectivity index (χ1v) is 4.45. The smallest absolute Gasteiger partial charge is 0.255 e. The number of aryl methyl sites for hydroxylation is 2. The highest BCUT2D eigenvalue weighted by Crippen LogP contribution is 2.08. The molecular formula is C11H15NO2. The molecule has 3 heteroatoms. The molecule has 0 spiro atoms. The normalized spacial score (nSPS) is 13.4. The van der Waals surface area contributed by atoms with Gasteiger partial charge in [-0.15, -0.1) is 0 Å². The number of aliphatic hydroxyl groups excluding tert-OH is 1. The quantitative estimate of drug-likeness (QED) is 0.585. The van der Waals surface area contributed by atoms with E-state index in [1.54, 1.807) is 6.21 Å². The van der Waals surface area contributed by atoms with E-state index in [0.717, 1.165) is 11.1 Å². The van der Waals surface area contributed by atoms with Crippen molar-refractivity contribution in [1.29, 1.82) is 0 Å². The van der Waals surface area contributed by atoms with Crippen molar-refractivity contribution in [3.8, 4) is 0 Å². The van der Waals surface area contributed by atoms with Gasteiger partial charge in [0.15, 0.2) is 0 Å². The summed E-state index contributed by atoms with van der Waals surface area (Å²) in [7, 11) is 1.41. The Kier molecular flexibility index (Phi) is 3.80. The molecule has 0 unspecified atom stereocenters. The lowest BCUT2D eigenvalue weighted by atomic mass is 10.1. The number of methoxy groups -OCH3 is 1. The molecule has 0 bridgehead atoms. The van der Waals surface area contributed by atoms with Crippen molar-refractivity contribution in [3.05, 3.63) is 34.9 Å². The Bertz CT molecular complexity index is 334. The van der Waals surface area contributed by atoms with Crippen LogP contribution in [0.15, 0.2) is 23.2 Å². The zero-order valence-electron chi connectivity index (χ0n) is 8.69. The monoisotopic (exact) mass is 193 g/mol. The van der Waals surface area contributed by atoms with E-state index in [1.165, 1.54) is 12.7 Å². The minimum absolute atomic E-state index is 1.00. The second-order valence-electron chi connectivity index (χ2n) is 3.20. The first-order chi connectivity index (χ1) is 6.63. The molecule has 1 atom stereocenters. The minimum atomic E-state index is -1.07. The third-order valence-electron chi connectivity index (χ3n) is 1.99. The second-order valence-corrected chi connectivity index (χ2v) is 3.20. The summed E-state index contributed by atoms with van der Waals surface area (Å²) in [5.74, 6) is 0. The molecule has 14 heavy (non-hydrogen) atoms. The van der Waals surface area contributed by atoms with E-state index < -0.39 is 6.41 Å². The van der Waals surface area contributed by atoms with Crippen LogP contribution in [0.25, 0.3) is 0 Å². The van der Waals surface area contributed by atoms with Crippen LogP contribution >= 0.6 is 0 Å². The molecule has 0 amide bonds. The highest BCUT2D eigenvalue weighted by atomic mass is 16.6. The van der Waals surface area contributed by atoms with E-state index in [0.29, 0.717) is 0 Å². The zero-order valence-corrected chi connectivity index (χ0v) is 8.69. The van der Waals surface area contributed by atoms with Crippen LogP contribution in [-0.2, 0) is 4.74 Å². The summed E-state index contributed by atoms with van der Waals surface area (Å²) >= 11 is 0. The number of hydrogen-bond donors (Lipinski definition) is 1. The summed E-state index contributed by atoms with van der Waals surface area (Å²) in [5, 5.41) is 9.06. The first kappa shape index (κ1) is 10.9. The maximum atomic E-state index is 9.06. The van der Waals surface area contributed by atoms with Gasteiger partial charge < -0.3 is 9.84 Å². The molecule has 76 valence electrons. The van der Waals surface area contributed by atoms with Gasteiger partial charge in [-0.05, 0) is 25.0 Å². The number of benzene rings is 1. The Labute approximate surface area is 84.1 Å². The van der Waals surface area contributed by atoms with Crippen LogP contribution < -0.4 is 0 Å². The van der Waals surface area contributed by atoms with Crippen LogP contribution in [-0.4, -0.2) is 24.8 Å². The third-order valence-corrected chi connectivity index (χ3v) is 1.99. The lowest BCUT2D eigenvalue weighted by molar-refractivity contribution is -0.0653. The number of aliphatic hydroxyl groups is 1. The van der Waals surface area contributed by atoms with Crippen LogP contribution in [0.5, 0.6) is 0 Å². The largest absolute Gasteiger partial charge is 0.350 e. The number of aliphatic imine (C=N–C) groups is 1. The van der Waals surface area contributed by atoms with E-state index in [4.69, 9.17) is 5.11 Å². The fraction of sp³-hybridized carbons (Fsp3) is 0.364. The van der Waals surface area contributed by atoms with E-state index >= 15 is 0 Å². The minimum Gasteiger partial charge on any atom is -0.350 e. The Morgan fingerprint density at radius 2 is 2.14 bits per heavy atom. The van der Waals surface area contributed by atoms with Crippen LogP contribution in [0.3, 0.4) is 0 Å². The number of ether oxygens (including phenoxy) is 1. The van der Waals surface area contributed by atoms with Gasteiger partial charge in [-0.1, -0.05) is 23.8 Å². The van der Waals surface area contributed by atoms with Gasteiger partial charge >= 0.3 is 0 Å². The fourth-order valence-electron chi connectivity index (χ4n) is 1.10. The topological polar surface area (TPSA) is 41.8 Å². The van der Waals surface area contributed by atoms with Crippen LogP contribution in [0, 0.1) is 13.8 Å². The molecule has 0 heterocycles. The number of rotatable bonds is 3. The van der Waals surface area contributed by atoms with Crippen molar-refractivity contribution in [2.75, 3.05) is 7.11 Å². The Balaban J connectivity index is 2.85. The third kappa shape index (κ3) is 2.94. The van der Waals surface area contributed by atoms with E-state index in [2.05, 4.69) is 9.73 Å². The van der Waals surface area contributed by atoms with Gasteiger partial charge in [-0.2, -0.15) is 0 Å². The summed E-state index contributed by atoms with van der Waals surface area (Å²) in [5.41, 5.74) is 3.30. The van der Waals surface area contributed by atoms with Gasteiger partial charge in [0.1, 0.15) is 0 Å².